The van der Waals surface area contributed by atoms with Crippen molar-refractivity contribution >= 4 is 5.91 Å². The monoisotopic (exact) mass is 331 g/mol. The van der Waals surface area contributed by atoms with Gasteiger partial charge in [0.2, 0.25) is 5.56 Å². The molecule has 1 atom stereocenters. The largest absolute Gasteiger partial charge is 0.366 e. The Hall–Kier alpha value is -2.48. The zero-order chi connectivity index (χ0) is 17.1. The summed E-state index contributed by atoms with van der Waals surface area (Å²) in [6.07, 6.45) is 3.04. The molecule has 0 spiro atoms. The van der Waals surface area contributed by atoms with Crippen molar-refractivity contribution in [1.29, 1.82) is 0 Å². The molecule has 1 amide bonds. The predicted octanol–water partition coefficient (Wildman–Crippen LogP) is 0.670. The van der Waals surface area contributed by atoms with Gasteiger partial charge in [0.05, 0.1) is 18.7 Å². The van der Waals surface area contributed by atoms with E-state index in [0.29, 0.717) is 31.1 Å². The Morgan fingerprint density at radius 2 is 2.29 bits per heavy atom. The van der Waals surface area contributed by atoms with E-state index in [0.717, 1.165) is 18.7 Å². The Balaban J connectivity index is 1.73. The van der Waals surface area contributed by atoms with Crippen molar-refractivity contribution in [3.63, 3.8) is 0 Å². The number of hydrogen-bond donors (Lipinski definition) is 1. The van der Waals surface area contributed by atoms with Gasteiger partial charge in [-0.15, -0.1) is 0 Å². The number of nitrogens with zero attached hydrogens (tertiary/aromatic N) is 4. The number of morpholine rings is 1. The van der Waals surface area contributed by atoms with Gasteiger partial charge in [0.25, 0.3) is 5.91 Å². The molecule has 3 rings (SSSR count). The summed E-state index contributed by atoms with van der Waals surface area (Å²) < 4.78 is 7.12. The number of H-pyrrole nitrogens is 1. The van der Waals surface area contributed by atoms with Crippen molar-refractivity contribution in [1.82, 2.24) is 24.6 Å². The first-order valence-electron chi connectivity index (χ1n) is 8.07. The number of hydrogen-bond acceptors (Lipinski definition) is 5. The molecule has 8 nitrogen and oxygen atoms in total. The molecule has 3 heterocycles. The maximum absolute atomic E-state index is 12.7. The van der Waals surface area contributed by atoms with Crippen LogP contribution in [0.1, 0.15) is 41.5 Å². The fraction of sp³-hybridized carbons (Fsp3) is 0.500. The molecular weight excluding hydrogens is 310 g/mol. The number of aromatic amines is 1. The number of amides is 1. The van der Waals surface area contributed by atoms with Crippen molar-refractivity contribution < 1.29 is 9.53 Å². The predicted molar refractivity (Wildman–Crippen MR) is 86.7 cm³/mol. The van der Waals surface area contributed by atoms with E-state index < -0.39 is 0 Å². The van der Waals surface area contributed by atoms with Crippen LogP contribution in [-0.2, 0) is 18.2 Å². The number of rotatable bonds is 4. The quantitative estimate of drug-likeness (QED) is 0.889. The van der Waals surface area contributed by atoms with E-state index in [1.807, 2.05) is 0 Å². The highest BCUT2D eigenvalue weighted by atomic mass is 16.5. The molecule has 1 aliphatic heterocycles. The summed E-state index contributed by atoms with van der Waals surface area (Å²) in [5, 5.41) is 7.12. The van der Waals surface area contributed by atoms with E-state index >= 15 is 0 Å². The summed E-state index contributed by atoms with van der Waals surface area (Å²) in [5.74, 6) is 1.29. The van der Waals surface area contributed by atoms with Crippen molar-refractivity contribution in [2.45, 2.75) is 25.9 Å². The summed E-state index contributed by atoms with van der Waals surface area (Å²) in [6, 6.07) is 2.96. The number of aromatic nitrogens is 4. The molecule has 1 aliphatic rings. The number of aryl methyl sites for hydroxylation is 2. The first kappa shape index (κ1) is 16.4. The molecule has 0 bridgehead atoms. The first-order chi connectivity index (χ1) is 11.6. The zero-order valence-corrected chi connectivity index (χ0v) is 13.9. The molecule has 0 radical (unpaired) electrons. The third-order valence-corrected chi connectivity index (χ3v) is 4.01. The highest BCUT2D eigenvalue weighted by molar-refractivity contribution is 5.94. The standard InChI is InChI=1S/C16H21N5O3/c1-3-4-13-17-15(19-18-13)12-10-21(7-8-24-12)16(23)11-5-6-14(22)20(2)9-11/h5-6,9,12H,3-4,7-8,10H2,1-2H3,(H,17,18,19). The minimum atomic E-state index is -0.336. The van der Waals surface area contributed by atoms with Crippen LogP contribution in [0.4, 0.5) is 0 Å². The van der Waals surface area contributed by atoms with Gasteiger partial charge in [0.15, 0.2) is 5.82 Å². The Morgan fingerprint density at radius 1 is 1.46 bits per heavy atom. The van der Waals surface area contributed by atoms with Gasteiger partial charge < -0.3 is 14.2 Å². The third kappa shape index (κ3) is 3.38. The molecule has 1 saturated heterocycles. The van der Waals surface area contributed by atoms with Gasteiger partial charge in [-0.2, -0.15) is 5.10 Å². The maximum Gasteiger partial charge on any atom is 0.255 e. The summed E-state index contributed by atoms with van der Waals surface area (Å²) in [6.45, 7) is 3.40. The van der Waals surface area contributed by atoms with E-state index in [9.17, 15) is 9.59 Å². The van der Waals surface area contributed by atoms with E-state index in [1.54, 1.807) is 24.2 Å². The lowest BCUT2D eigenvalue weighted by molar-refractivity contribution is -0.0267. The summed E-state index contributed by atoms with van der Waals surface area (Å²) in [4.78, 5) is 30.3. The lowest BCUT2D eigenvalue weighted by atomic mass is 10.2. The van der Waals surface area contributed by atoms with E-state index in [2.05, 4.69) is 22.1 Å². The lowest BCUT2D eigenvalue weighted by Crippen LogP contribution is -2.42. The Labute approximate surface area is 139 Å². The van der Waals surface area contributed by atoms with Crippen LogP contribution in [0, 0.1) is 0 Å². The zero-order valence-electron chi connectivity index (χ0n) is 13.9. The number of carbonyl (C=O) groups is 1. The normalized spacial score (nSPS) is 17.9. The van der Waals surface area contributed by atoms with Crippen LogP contribution < -0.4 is 5.56 Å². The highest BCUT2D eigenvalue weighted by Gasteiger charge is 2.28. The van der Waals surface area contributed by atoms with Gasteiger partial charge in [0, 0.05) is 32.3 Å². The molecule has 1 N–H and O–H groups in total. The van der Waals surface area contributed by atoms with Crippen LogP contribution in [0.2, 0.25) is 0 Å². The second kappa shape index (κ2) is 6.96. The van der Waals surface area contributed by atoms with Crippen LogP contribution in [0.3, 0.4) is 0 Å². The average molecular weight is 331 g/mol. The molecule has 0 aliphatic carbocycles. The molecule has 1 unspecified atom stereocenters. The molecule has 1 fully saturated rings. The van der Waals surface area contributed by atoms with Crippen LogP contribution in [0.15, 0.2) is 23.1 Å². The number of pyridine rings is 1. The summed E-state index contributed by atoms with van der Waals surface area (Å²) in [5.41, 5.74) is 0.343. The van der Waals surface area contributed by atoms with E-state index in [-0.39, 0.29) is 17.6 Å². The van der Waals surface area contributed by atoms with Crippen LogP contribution >= 0.6 is 0 Å². The molecule has 2 aromatic heterocycles. The molecule has 2 aromatic rings. The summed E-state index contributed by atoms with van der Waals surface area (Å²) >= 11 is 0. The van der Waals surface area contributed by atoms with Crippen molar-refractivity contribution in [3.05, 3.63) is 45.9 Å². The van der Waals surface area contributed by atoms with Gasteiger partial charge in [0.1, 0.15) is 11.9 Å². The molecule has 0 saturated carbocycles. The number of ether oxygens (including phenoxy) is 1. The minimum Gasteiger partial charge on any atom is -0.366 e. The smallest absolute Gasteiger partial charge is 0.255 e. The average Bonchev–Trinajstić information content (AvgIpc) is 3.06. The van der Waals surface area contributed by atoms with Gasteiger partial charge in [-0.25, -0.2) is 4.98 Å². The minimum absolute atomic E-state index is 0.122. The number of carbonyl (C=O) groups excluding carboxylic acids is 1. The lowest BCUT2D eigenvalue weighted by Gasteiger charge is -2.31. The fourth-order valence-corrected chi connectivity index (χ4v) is 2.70. The van der Waals surface area contributed by atoms with Gasteiger partial charge in [-0.1, -0.05) is 6.92 Å². The van der Waals surface area contributed by atoms with Crippen molar-refractivity contribution in [3.8, 4) is 0 Å². The summed E-state index contributed by atoms with van der Waals surface area (Å²) in [7, 11) is 1.63. The van der Waals surface area contributed by atoms with Crippen LogP contribution in [0.25, 0.3) is 0 Å². The van der Waals surface area contributed by atoms with Crippen molar-refractivity contribution in [2.24, 2.45) is 7.05 Å². The van der Waals surface area contributed by atoms with Gasteiger partial charge in [-0.05, 0) is 12.5 Å². The van der Waals surface area contributed by atoms with E-state index in [1.165, 1.54) is 10.6 Å². The third-order valence-electron chi connectivity index (χ3n) is 4.01. The van der Waals surface area contributed by atoms with Crippen molar-refractivity contribution in [2.75, 3.05) is 19.7 Å². The molecule has 0 aromatic carbocycles. The molecule has 128 valence electrons. The second-order valence-electron chi connectivity index (χ2n) is 5.87. The van der Waals surface area contributed by atoms with Gasteiger partial charge in [-0.3, -0.25) is 14.7 Å². The van der Waals surface area contributed by atoms with Crippen LogP contribution in [0.5, 0.6) is 0 Å². The Morgan fingerprint density at radius 3 is 3.04 bits per heavy atom. The number of nitrogens with one attached hydrogen (secondary N) is 1. The fourth-order valence-electron chi connectivity index (χ4n) is 2.70. The Bertz CT molecular complexity index is 782. The van der Waals surface area contributed by atoms with Gasteiger partial charge >= 0.3 is 0 Å². The highest BCUT2D eigenvalue weighted by Crippen LogP contribution is 2.20. The topological polar surface area (TPSA) is 93.1 Å². The maximum atomic E-state index is 12.7. The Kier molecular flexibility index (Phi) is 4.75. The second-order valence-corrected chi connectivity index (χ2v) is 5.87. The van der Waals surface area contributed by atoms with E-state index in [4.69, 9.17) is 4.74 Å². The molecular formula is C16H21N5O3. The first-order valence-corrected chi connectivity index (χ1v) is 8.07. The molecule has 24 heavy (non-hydrogen) atoms. The van der Waals surface area contributed by atoms with Crippen LogP contribution in [-0.4, -0.2) is 50.3 Å². The SMILES string of the molecule is CCCc1nc(C2CN(C(=O)c3ccc(=O)n(C)c3)CCO2)n[nH]1. The molecule has 8 heteroatoms.